The fourth-order valence-corrected chi connectivity index (χ4v) is 3.93. The molecule has 0 bridgehead atoms. The second-order valence-electron chi connectivity index (χ2n) is 6.61. The molecule has 1 aromatic heterocycles. The number of ether oxygens (including phenoxy) is 1. The summed E-state index contributed by atoms with van der Waals surface area (Å²) in [5, 5.41) is 1.84. The smallest absolute Gasteiger partial charge is 0.290 e. The number of aromatic nitrogens is 1. The second kappa shape index (κ2) is 7.12. The lowest BCUT2D eigenvalue weighted by Gasteiger charge is -2.30. The molecule has 4 rings (SSSR count). The van der Waals surface area contributed by atoms with Crippen molar-refractivity contribution in [3.8, 4) is 5.75 Å². The van der Waals surface area contributed by atoms with E-state index in [2.05, 4.69) is 10.3 Å². The molecule has 7 nitrogen and oxygen atoms in total. The number of nitrogens with zero attached hydrogens (tertiary/aromatic N) is 2. The minimum Gasteiger partial charge on any atom is -0.482 e. The van der Waals surface area contributed by atoms with E-state index in [0.29, 0.717) is 28.5 Å². The van der Waals surface area contributed by atoms with Crippen molar-refractivity contribution in [3.63, 3.8) is 0 Å². The van der Waals surface area contributed by atoms with Crippen molar-refractivity contribution in [2.75, 3.05) is 11.5 Å². The molecule has 0 aliphatic carbocycles. The normalized spacial score (nSPS) is 17.6. The first-order chi connectivity index (χ1) is 13.4. The number of benzene rings is 1. The Kier molecular flexibility index (Phi) is 4.64. The number of thioether (sulfide) groups is 1. The number of pyridine rings is 1. The van der Waals surface area contributed by atoms with Crippen LogP contribution in [0.1, 0.15) is 22.5 Å². The van der Waals surface area contributed by atoms with E-state index in [1.54, 1.807) is 29.2 Å². The number of carbonyl (C=O) groups excluding carboxylic acids is 3. The predicted molar refractivity (Wildman–Crippen MR) is 106 cm³/mol. The molecule has 28 heavy (non-hydrogen) atoms. The molecule has 2 aromatic rings. The highest BCUT2D eigenvalue weighted by Crippen LogP contribution is 2.35. The Balaban J connectivity index is 1.69. The number of nitrogens with one attached hydrogen (secondary N) is 1. The fourth-order valence-electron chi connectivity index (χ4n) is 3.25. The molecule has 1 saturated heterocycles. The van der Waals surface area contributed by atoms with Gasteiger partial charge in [0.1, 0.15) is 5.75 Å². The first kappa shape index (κ1) is 18.2. The summed E-state index contributed by atoms with van der Waals surface area (Å²) in [4.78, 5) is 42.0. The molecule has 1 N–H and O–H groups in total. The van der Waals surface area contributed by atoms with Crippen molar-refractivity contribution in [2.45, 2.75) is 20.4 Å². The summed E-state index contributed by atoms with van der Waals surface area (Å²) in [5.74, 6) is 0.0380. The summed E-state index contributed by atoms with van der Waals surface area (Å²) in [6, 6.07) is 9.25. The van der Waals surface area contributed by atoms with Crippen molar-refractivity contribution in [1.82, 2.24) is 10.3 Å². The topological polar surface area (TPSA) is 88.6 Å². The zero-order valence-electron chi connectivity index (χ0n) is 15.3. The van der Waals surface area contributed by atoms with Crippen LogP contribution in [0.25, 0.3) is 6.08 Å². The van der Waals surface area contributed by atoms with Crippen molar-refractivity contribution in [1.29, 1.82) is 0 Å². The third kappa shape index (κ3) is 3.63. The highest BCUT2D eigenvalue weighted by molar-refractivity contribution is 8.18. The number of anilines is 1. The van der Waals surface area contributed by atoms with Gasteiger partial charge in [-0.15, -0.1) is 0 Å². The van der Waals surface area contributed by atoms with Gasteiger partial charge in [0, 0.05) is 11.4 Å². The van der Waals surface area contributed by atoms with Gasteiger partial charge in [0.05, 0.1) is 17.1 Å². The molecule has 1 fully saturated rings. The Morgan fingerprint density at radius 2 is 1.93 bits per heavy atom. The molecule has 0 atom stereocenters. The standard InChI is InChI=1S/C20H17N3O4S/c1-11-5-14(6-12(2)21-11)9-23-15-7-13(3-4-16(15)27-10-18(23)24)8-17-19(25)22-20(26)28-17/h3-8H,9-10H2,1-2H3,(H,22,25,26). The summed E-state index contributed by atoms with van der Waals surface area (Å²) in [6.45, 7) is 4.21. The van der Waals surface area contributed by atoms with Gasteiger partial charge in [-0.3, -0.25) is 24.7 Å². The van der Waals surface area contributed by atoms with Gasteiger partial charge in [0.25, 0.3) is 17.1 Å². The van der Waals surface area contributed by atoms with Gasteiger partial charge in [0.15, 0.2) is 6.61 Å². The average Bonchev–Trinajstić information content (AvgIpc) is 2.94. The van der Waals surface area contributed by atoms with Crippen LogP contribution in [0.15, 0.2) is 35.2 Å². The highest BCUT2D eigenvalue weighted by atomic mass is 32.2. The monoisotopic (exact) mass is 395 g/mol. The van der Waals surface area contributed by atoms with Crippen LogP contribution in [0.5, 0.6) is 5.75 Å². The van der Waals surface area contributed by atoms with Crippen LogP contribution >= 0.6 is 11.8 Å². The molecule has 2 aliphatic heterocycles. The number of imide groups is 1. The molecule has 1 aromatic carbocycles. The van der Waals surface area contributed by atoms with Crippen LogP contribution in [0.2, 0.25) is 0 Å². The minimum absolute atomic E-state index is 0.0246. The van der Waals surface area contributed by atoms with Crippen LogP contribution in [0.3, 0.4) is 0 Å². The number of hydrogen-bond donors (Lipinski definition) is 1. The maximum atomic E-state index is 12.5. The second-order valence-corrected chi connectivity index (χ2v) is 7.62. The van der Waals surface area contributed by atoms with E-state index < -0.39 is 11.1 Å². The van der Waals surface area contributed by atoms with Crippen LogP contribution in [-0.4, -0.2) is 28.6 Å². The predicted octanol–water partition coefficient (Wildman–Crippen LogP) is 2.95. The van der Waals surface area contributed by atoms with E-state index in [0.717, 1.165) is 28.7 Å². The van der Waals surface area contributed by atoms with E-state index >= 15 is 0 Å². The van der Waals surface area contributed by atoms with Crippen LogP contribution in [0, 0.1) is 13.8 Å². The van der Waals surface area contributed by atoms with Gasteiger partial charge in [-0.2, -0.15) is 0 Å². The number of amides is 3. The molecule has 3 heterocycles. The summed E-state index contributed by atoms with van der Waals surface area (Å²) in [5.41, 5.74) is 4.10. The number of fused-ring (bicyclic) bond motifs is 1. The van der Waals surface area contributed by atoms with Gasteiger partial charge < -0.3 is 9.64 Å². The lowest BCUT2D eigenvalue weighted by Crippen LogP contribution is -2.38. The van der Waals surface area contributed by atoms with Crippen molar-refractivity contribution >= 4 is 40.6 Å². The molecule has 8 heteroatoms. The Labute approximate surface area is 165 Å². The number of hydrogen-bond acceptors (Lipinski definition) is 6. The maximum absolute atomic E-state index is 12.5. The van der Waals surface area contributed by atoms with E-state index in [9.17, 15) is 14.4 Å². The summed E-state index contributed by atoms with van der Waals surface area (Å²) in [6.07, 6.45) is 1.63. The molecule has 2 aliphatic rings. The Morgan fingerprint density at radius 3 is 2.61 bits per heavy atom. The molecule has 0 spiro atoms. The minimum atomic E-state index is -0.417. The summed E-state index contributed by atoms with van der Waals surface area (Å²) < 4.78 is 5.55. The third-order valence-electron chi connectivity index (χ3n) is 4.35. The van der Waals surface area contributed by atoms with Crippen LogP contribution in [0.4, 0.5) is 10.5 Å². The summed E-state index contributed by atoms with van der Waals surface area (Å²) >= 11 is 0.856. The average molecular weight is 395 g/mol. The molecular formula is C20H17N3O4S. The SMILES string of the molecule is Cc1cc(CN2C(=O)COc3ccc(C=C4SC(=O)NC4=O)cc32)cc(C)n1. The Hall–Kier alpha value is -3.13. The third-order valence-corrected chi connectivity index (χ3v) is 5.16. The Bertz CT molecular complexity index is 1030. The van der Waals surface area contributed by atoms with Gasteiger partial charge in [-0.1, -0.05) is 6.07 Å². The number of rotatable bonds is 3. The molecule has 0 radical (unpaired) electrons. The number of aryl methyl sites for hydroxylation is 2. The van der Waals surface area contributed by atoms with E-state index in [1.807, 2.05) is 26.0 Å². The molecule has 142 valence electrons. The van der Waals surface area contributed by atoms with Crippen molar-refractivity contribution < 1.29 is 19.1 Å². The highest BCUT2D eigenvalue weighted by Gasteiger charge is 2.28. The quantitative estimate of drug-likeness (QED) is 0.804. The maximum Gasteiger partial charge on any atom is 0.290 e. The number of carbonyl (C=O) groups is 3. The van der Waals surface area contributed by atoms with Crippen LogP contribution in [-0.2, 0) is 16.1 Å². The van der Waals surface area contributed by atoms with Gasteiger partial charge in [0.2, 0.25) is 0 Å². The zero-order chi connectivity index (χ0) is 19.8. The van der Waals surface area contributed by atoms with Crippen molar-refractivity contribution in [2.24, 2.45) is 0 Å². The molecule has 3 amide bonds. The largest absolute Gasteiger partial charge is 0.482 e. The van der Waals surface area contributed by atoms with E-state index in [1.165, 1.54) is 0 Å². The van der Waals surface area contributed by atoms with Crippen molar-refractivity contribution in [3.05, 3.63) is 57.8 Å². The first-order valence-corrected chi connectivity index (χ1v) is 9.47. The molecular weight excluding hydrogens is 378 g/mol. The van der Waals surface area contributed by atoms with Gasteiger partial charge >= 0.3 is 0 Å². The van der Waals surface area contributed by atoms with Crippen LogP contribution < -0.4 is 15.0 Å². The van der Waals surface area contributed by atoms with E-state index in [-0.39, 0.29) is 12.5 Å². The lowest BCUT2D eigenvalue weighted by molar-refractivity contribution is -0.121. The Morgan fingerprint density at radius 1 is 1.18 bits per heavy atom. The fraction of sp³-hybridized carbons (Fsp3) is 0.200. The van der Waals surface area contributed by atoms with Gasteiger partial charge in [-0.05, 0) is 67.1 Å². The zero-order valence-corrected chi connectivity index (χ0v) is 16.1. The summed E-state index contributed by atoms with van der Waals surface area (Å²) in [7, 11) is 0. The molecule has 0 saturated carbocycles. The lowest BCUT2D eigenvalue weighted by atomic mass is 10.1. The first-order valence-electron chi connectivity index (χ1n) is 8.65. The van der Waals surface area contributed by atoms with Gasteiger partial charge in [-0.25, -0.2) is 0 Å². The molecule has 0 unspecified atom stereocenters. The van der Waals surface area contributed by atoms with E-state index in [4.69, 9.17) is 4.74 Å².